The van der Waals surface area contributed by atoms with Gasteiger partial charge in [0, 0.05) is 12.1 Å². The van der Waals surface area contributed by atoms with E-state index in [0.717, 1.165) is 25.7 Å². The van der Waals surface area contributed by atoms with Crippen molar-refractivity contribution in [3.8, 4) is 0 Å². The molecule has 0 aromatic rings. The Labute approximate surface area is 112 Å². The zero-order valence-electron chi connectivity index (χ0n) is 12.1. The number of carbonyl (C=O) groups excluding carboxylic acids is 1. The third kappa shape index (κ3) is 5.38. The number of unbranched alkanes of at least 4 members (excludes halogenated alkanes) is 2. The zero-order chi connectivity index (χ0) is 13.4. The highest BCUT2D eigenvalue weighted by atomic mass is 16.2. The van der Waals surface area contributed by atoms with Crippen LogP contribution in [-0.2, 0) is 4.79 Å². The van der Waals surface area contributed by atoms with Crippen molar-refractivity contribution in [2.24, 2.45) is 11.7 Å². The number of rotatable bonds is 6. The normalized spacial score (nSPS) is 26.4. The van der Waals surface area contributed by atoms with Crippen molar-refractivity contribution in [3.63, 3.8) is 0 Å². The van der Waals surface area contributed by atoms with Gasteiger partial charge >= 0.3 is 0 Å². The maximum Gasteiger partial charge on any atom is 0.224 e. The summed E-state index contributed by atoms with van der Waals surface area (Å²) in [6.45, 7) is 4.31. The van der Waals surface area contributed by atoms with Crippen LogP contribution in [0.25, 0.3) is 0 Å². The lowest BCUT2D eigenvalue weighted by atomic mass is 9.94. The Kier molecular flexibility index (Phi) is 7.33. The van der Waals surface area contributed by atoms with E-state index in [4.69, 9.17) is 5.73 Å². The van der Waals surface area contributed by atoms with Gasteiger partial charge in [-0.3, -0.25) is 4.79 Å². The predicted octanol–water partition coefficient (Wildman–Crippen LogP) is 2.98. The zero-order valence-corrected chi connectivity index (χ0v) is 12.1. The van der Waals surface area contributed by atoms with Crippen LogP contribution in [0.3, 0.4) is 0 Å². The average molecular weight is 254 g/mol. The molecule has 3 N–H and O–H groups in total. The summed E-state index contributed by atoms with van der Waals surface area (Å²) >= 11 is 0. The van der Waals surface area contributed by atoms with E-state index in [1.54, 1.807) is 0 Å². The average Bonchev–Trinajstić information content (AvgIpc) is 2.54. The predicted molar refractivity (Wildman–Crippen MR) is 76.3 cm³/mol. The van der Waals surface area contributed by atoms with Gasteiger partial charge in [0.25, 0.3) is 0 Å². The molecular formula is C15H30N2O. The molecule has 0 spiro atoms. The fraction of sp³-hybridized carbons (Fsp3) is 0.933. The van der Waals surface area contributed by atoms with Crippen molar-refractivity contribution in [1.29, 1.82) is 0 Å². The fourth-order valence-electron chi connectivity index (χ4n) is 2.78. The first kappa shape index (κ1) is 15.5. The van der Waals surface area contributed by atoms with E-state index in [0.29, 0.717) is 6.04 Å². The lowest BCUT2D eigenvalue weighted by Crippen LogP contribution is -2.44. The summed E-state index contributed by atoms with van der Waals surface area (Å²) in [5, 5.41) is 3.15. The van der Waals surface area contributed by atoms with Gasteiger partial charge in [0.05, 0.1) is 5.92 Å². The SMILES string of the molecule is CCCCCC(C)NC(=O)C1CCCCCC1N. The first-order valence-electron chi connectivity index (χ1n) is 7.71. The van der Waals surface area contributed by atoms with Crippen LogP contribution in [0.1, 0.15) is 71.6 Å². The van der Waals surface area contributed by atoms with Gasteiger partial charge in [-0.1, -0.05) is 45.4 Å². The number of hydrogen-bond acceptors (Lipinski definition) is 2. The molecule has 1 fully saturated rings. The third-order valence-corrected chi connectivity index (χ3v) is 4.04. The molecule has 1 aliphatic carbocycles. The molecule has 0 bridgehead atoms. The Balaban J connectivity index is 2.33. The maximum atomic E-state index is 12.2. The van der Waals surface area contributed by atoms with Crippen molar-refractivity contribution < 1.29 is 4.79 Å². The van der Waals surface area contributed by atoms with Crippen LogP contribution in [0.4, 0.5) is 0 Å². The molecule has 18 heavy (non-hydrogen) atoms. The summed E-state index contributed by atoms with van der Waals surface area (Å²) in [5.41, 5.74) is 6.12. The molecule has 0 aromatic carbocycles. The van der Waals surface area contributed by atoms with Crippen molar-refractivity contribution in [2.45, 2.75) is 83.7 Å². The Bertz CT molecular complexity index is 243. The molecule has 3 heteroatoms. The highest BCUT2D eigenvalue weighted by Gasteiger charge is 2.27. The summed E-state index contributed by atoms with van der Waals surface area (Å²) in [7, 11) is 0. The molecule has 1 amide bonds. The molecule has 0 radical (unpaired) electrons. The second-order valence-electron chi connectivity index (χ2n) is 5.81. The molecule has 3 atom stereocenters. The summed E-state index contributed by atoms with van der Waals surface area (Å²) < 4.78 is 0. The fourth-order valence-corrected chi connectivity index (χ4v) is 2.78. The maximum absolute atomic E-state index is 12.2. The lowest BCUT2D eigenvalue weighted by Gasteiger charge is -2.23. The molecule has 0 aliphatic heterocycles. The van der Waals surface area contributed by atoms with Crippen LogP contribution >= 0.6 is 0 Å². The van der Waals surface area contributed by atoms with Crippen LogP contribution in [-0.4, -0.2) is 18.0 Å². The second-order valence-corrected chi connectivity index (χ2v) is 5.81. The molecule has 3 nitrogen and oxygen atoms in total. The van der Waals surface area contributed by atoms with Gasteiger partial charge in [0.15, 0.2) is 0 Å². The van der Waals surface area contributed by atoms with E-state index in [9.17, 15) is 4.79 Å². The number of hydrogen-bond donors (Lipinski definition) is 2. The Hall–Kier alpha value is -0.570. The van der Waals surface area contributed by atoms with E-state index in [1.807, 2.05) is 0 Å². The Morgan fingerprint density at radius 3 is 2.72 bits per heavy atom. The largest absolute Gasteiger partial charge is 0.353 e. The summed E-state index contributed by atoms with van der Waals surface area (Å²) in [6.07, 6.45) is 10.3. The van der Waals surface area contributed by atoms with Gasteiger partial charge < -0.3 is 11.1 Å². The van der Waals surface area contributed by atoms with Crippen LogP contribution in [0, 0.1) is 5.92 Å². The Morgan fingerprint density at radius 1 is 1.28 bits per heavy atom. The van der Waals surface area contributed by atoms with E-state index in [1.165, 1.54) is 32.1 Å². The first-order chi connectivity index (χ1) is 8.65. The van der Waals surface area contributed by atoms with Gasteiger partial charge in [0.1, 0.15) is 0 Å². The molecule has 1 rings (SSSR count). The minimum Gasteiger partial charge on any atom is -0.353 e. The number of nitrogens with two attached hydrogens (primary N) is 1. The minimum atomic E-state index is 0.0427. The van der Waals surface area contributed by atoms with Crippen molar-refractivity contribution in [2.75, 3.05) is 0 Å². The van der Waals surface area contributed by atoms with Crippen molar-refractivity contribution in [3.05, 3.63) is 0 Å². The molecule has 106 valence electrons. The van der Waals surface area contributed by atoms with E-state index in [2.05, 4.69) is 19.2 Å². The molecule has 0 heterocycles. The topological polar surface area (TPSA) is 55.1 Å². The molecule has 0 aromatic heterocycles. The molecule has 3 unspecified atom stereocenters. The number of nitrogens with one attached hydrogen (secondary N) is 1. The standard InChI is InChI=1S/C15H30N2O/c1-3-4-6-9-12(2)17-15(18)13-10-7-5-8-11-14(13)16/h12-14H,3-11,16H2,1-2H3,(H,17,18). The summed E-state index contributed by atoms with van der Waals surface area (Å²) in [6, 6.07) is 0.356. The third-order valence-electron chi connectivity index (χ3n) is 4.04. The highest BCUT2D eigenvalue weighted by molar-refractivity contribution is 5.79. The van der Waals surface area contributed by atoms with Gasteiger partial charge in [-0.15, -0.1) is 0 Å². The van der Waals surface area contributed by atoms with E-state index in [-0.39, 0.29) is 17.9 Å². The van der Waals surface area contributed by atoms with Crippen LogP contribution < -0.4 is 11.1 Å². The highest BCUT2D eigenvalue weighted by Crippen LogP contribution is 2.22. The summed E-state index contributed by atoms with van der Waals surface area (Å²) in [4.78, 5) is 12.2. The summed E-state index contributed by atoms with van der Waals surface area (Å²) in [5.74, 6) is 0.231. The minimum absolute atomic E-state index is 0.0427. The smallest absolute Gasteiger partial charge is 0.224 e. The van der Waals surface area contributed by atoms with E-state index < -0.39 is 0 Å². The molecule has 0 saturated heterocycles. The van der Waals surface area contributed by atoms with Gasteiger partial charge in [-0.05, 0) is 26.2 Å². The molecule has 1 aliphatic rings. The van der Waals surface area contributed by atoms with Crippen LogP contribution in [0.5, 0.6) is 0 Å². The number of carbonyl (C=O) groups is 1. The van der Waals surface area contributed by atoms with E-state index >= 15 is 0 Å². The Morgan fingerprint density at radius 2 is 2.00 bits per heavy atom. The molecule has 1 saturated carbocycles. The lowest BCUT2D eigenvalue weighted by molar-refractivity contribution is -0.126. The van der Waals surface area contributed by atoms with Crippen molar-refractivity contribution >= 4 is 5.91 Å². The van der Waals surface area contributed by atoms with Crippen molar-refractivity contribution in [1.82, 2.24) is 5.32 Å². The van der Waals surface area contributed by atoms with Gasteiger partial charge in [-0.25, -0.2) is 0 Å². The quantitative estimate of drug-likeness (QED) is 0.565. The van der Waals surface area contributed by atoms with Crippen LogP contribution in [0.15, 0.2) is 0 Å². The molecular weight excluding hydrogens is 224 g/mol. The van der Waals surface area contributed by atoms with Gasteiger partial charge in [0.2, 0.25) is 5.91 Å². The first-order valence-corrected chi connectivity index (χ1v) is 7.71. The monoisotopic (exact) mass is 254 g/mol. The van der Waals surface area contributed by atoms with Crippen LogP contribution in [0.2, 0.25) is 0 Å². The number of amides is 1. The van der Waals surface area contributed by atoms with Gasteiger partial charge in [-0.2, -0.15) is 0 Å². The second kappa shape index (κ2) is 8.52.